The zero-order chi connectivity index (χ0) is 12.7. The van der Waals surface area contributed by atoms with E-state index in [0.717, 1.165) is 24.8 Å². The van der Waals surface area contributed by atoms with Gasteiger partial charge in [0.2, 0.25) is 5.91 Å². The number of rotatable bonds is 6. The van der Waals surface area contributed by atoms with Gasteiger partial charge >= 0.3 is 0 Å². The molecule has 0 aliphatic heterocycles. The van der Waals surface area contributed by atoms with Crippen molar-refractivity contribution in [1.82, 2.24) is 10.3 Å². The van der Waals surface area contributed by atoms with Crippen LogP contribution in [0.4, 0.5) is 0 Å². The molecule has 1 heterocycles. The molecule has 3 N–H and O–H groups in total. The van der Waals surface area contributed by atoms with Crippen LogP contribution in [0.3, 0.4) is 0 Å². The van der Waals surface area contributed by atoms with Crippen LogP contribution in [0.1, 0.15) is 44.7 Å². The first-order valence-electron chi connectivity index (χ1n) is 6.11. The summed E-state index contributed by atoms with van der Waals surface area (Å²) >= 11 is 0. The van der Waals surface area contributed by atoms with Gasteiger partial charge < -0.3 is 11.1 Å². The van der Waals surface area contributed by atoms with E-state index in [1.807, 2.05) is 19.1 Å². The van der Waals surface area contributed by atoms with Gasteiger partial charge in [0.1, 0.15) is 0 Å². The molecule has 0 aliphatic carbocycles. The molecule has 4 nitrogen and oxygen atoms in total. The first-order chi connectivity index (χ1) is 8.15. The second-order valence-corrected chi connectivity index (χ2v) is 4.27. The lowest BCUT2D eigenvalue weighted by molar-refractivity contribution is -0.123. The third-order valence-electron chi connectivity index (χ3n) is 2.75. The van der Waals surface area contributed by atoms with Crippen LogP contribution in [0.15, 0.2) is 24.5 Å². The summed E-state index contributed by atoms with van der Waals surface area (Å²) in [6.07, 6.45) is 6.24. The number of nitrogens with zero attached hydrogens (tertiary/aromatic N) is 1. The van der Waals surface area contributed by atoms with Crippen LogP contribution in [0.25, 0.3) is 0 Å². The van der Waals surface area contributed by atoms with E-state index in [1.165, 1.54) is 0 Å². The average Bonchev–Trinajstić information content (AvgIpc) is 2.36. The second-order valence-electron chi connectivity index (χ2n) is 4.27. The number of nitrogens with two attached hydrogens (primary N) is 1. The third kappa shape index (κ3) is 4.53. The quantitative estimate of drug-likeness (QED) is 0.789. The summed E-state index contributed by atoms with van der Waals surface area (Å²) in [5.41, 5.74) is 6.79. The van der Waals surface area contributed by atoms with Crippen molar-refractivity contribution in [2.24, 2.45) is 5.73 Å². The van der Waals surface area contributed by atoms with Gasteiger partial charge in [-0.25, -0.2) is 0 Å². The minimum Gasteiger partial charge on any atom is -0.348 e. The Morgan fingerprint density at radius 3 is 2.94 bits per heavy atom. The Morgan fingerprint density at radius 1 is 1.59 bits per heavy atom. The van der Waals surface area contributed by atoms with Gasteiger partial charge in [-0.1, -0.05) is 25.8 Å². The molecule has 0 saturated carbocycles. The van der Waals surface area contributed by atoms with Crippen molar-refractivity contribution >= 4 is 5.91 Å². The summed E-state index contributed by atoms with van der Waals surface area (Å²) < 4.78 is 0. The summed E-state index contributed by atoms with van der Waals surface area (Å²) in [6.45, 7) is 4.02. The van der Waals surface area contributed by atoms with Crippen LogP contribution < -0.4 is 11.1 Å². The number of nitrogens with one attached hydrogen (secondary N) is 1. The first kappa shape index (κ1) is 13.6. The highest BCUT2D eigenvalue weighted by atomic mass is 16.2. The molecule has 0 saturated heterocycles. The number of aromatic nitrogens is 1. The summed E-state index contributed by atoms with van der Waals surface area (Å²) in [5.74, 6) is -0.0881. The van der Waals surface area contributed by atoms with Gasteiger partial charge in [0, 0.05) is 12.4 Å². The Morgan fingerprint density at radius 2 is 2.35 bits per heavy atom. The van der Waals surface area contributed by atoms with Gasteiger partial charge in [0.25, 0.3) is 0 Å². The minimum absolute atomic E-state index is 0.0520. The van der Waals surface area contributed by atoms with E-state index in [0.29, 0.717) is 0 Å². The Hall–Kier alpha value is -1.42. The summed E-state index contributed by atoms with van der Waals surface area (Å²) in [6, 6.07) is 3.34. The number of pyridine rings is 1. The van der Waals surface area contributed by atoms with Crippen LogP contribution in [0.2, 0.25) is 0 Å². The Kier molecular flexibility index (Phi) is 5.63. The van der Waals surface area contributed by atoms with E-state index < -0.39 is 6.04 Å². The molecule has 0 unspecified atom stereocenters. The SMILES string of the molecule is CCCC[C@@H](N)C(=O)N[C@H](C)c1cccnc1. The fourth-order valence-electron chi connectivity index (χ4n) is 1.59. The van der Waals surface area contributed by atoms with Crippen LogP contribution in [-0.2, 0) is 4.79 Å². The zero-order valence-electron chi connectivity index (χ0n) is 10.5. The minimum atomic E-state index is -0.408. The van der Waals surface area contributed by atoms with Gasteiger partial charge in [-0.15, -0.1) is 0 Å². The molecule has 2 atom stereocenters. The smallest absolute Gasteiger partial charge is 0.237 e. The normalized spacial score (nSPS) is 14.1. The van der Waals surface area contributed by atoms with E-state index in [1.54, 1.807) is 12.4 Å². The summed E-state index contributed by atoms with van der Waals surface area (Å²) in [7, 11) is 0. The fourth-order valence-corrected chi connectivity index (χ4v) is 1.59. The monoisotopic (exact) mass is 235 g/mol. The predicted octanol–water partition coefficient (Wildman–Crippen LogP) is 1.78. The van der Waals surface area contributed by atoms with Crippen molar-refractivity contribution < 1.29 is 4.79 Å². The largest absolute Gasteiger partial charge is 0.348 e. The van der Waals surface area contributed by atoms with Crippen LogP contribution in [0, 0.1) is 0 Å². The maximum absolute atomic E-state index is 11.8. The Labute approximate surface area is 103 Å². The second kappa shape index (κ2) is 7.01. The van der Waals surface area contributed by atoms with Crippen molar-refractivity contribution in [1.29, 1.82) is 0 Å². The lowest BCUT2D eigenvalue weighted by Crippen LogP contribution is -2.41. The predicted molar refractivity (Wildman–Crippen MR) is 68.3 cm³/mol. The average molecular weight is 235 g/mol. The number of carbonyl (C=O) groups excluding carboxylic acids is 1. The molecule has 17 heavy (non-hydrogen) atoms. The number of unbranched alkanes of at least 4 members (excludes halogenated alkanes) is 1. The molecule has 1 aromatic heterocycles. The van der Waals surface area contributed by atoms with Gasteiger partial charge in [-0.2, -0.15) is 0 Å². The lowest BCUT2D eigenvalue weighted by atomic mass is 10.1. The molecule has 0 aliphatic rings. The van der Waals surface area contributed by atoms with Crippen molar-refractivity contribution in [3.63, 3.8) is 0 Å². The molecule has 0 spiro atoms. The Balaban J connectivity index is 2.46. The van der Waals surface area contributed by atoms with Gasteiger partial charge in [-0.3, -0.25) is 9.78 Å². The van der Waals surface area contributed by atoms with Crippen molar-refractivity contribution in [2.75, 3.05) is 0 Å². The van der Waals surface area contributed by atoms with E-state index in [9.17, 15) is 4.79 Å². The maximum Gasteiger partial charge on any atom is 0.237 e. The standard InChI is InChI=1S/C13H21N3O/c1-3-4-7-12(14)13(17)16-10(2)11-6-5-8-15-9-11/h5-6,8-10,12H,3-4,7,14H2,1-2H3,(H,16,17)/t10-,12-/m1/s1. The molecule has 0 fully saturated rings. The van der Waals surface area contributed by atoms with Crippen molar-refractivity contribution in [3.8, 4) is 0 Å². The molecule has 0 aromatic carbocycles. The van der Waals surface area contributed by atoms with E-state index >= 15 is 0 Å². The van der Waals surface area contributed by atoms with E-state index in [2.05, 4.69) is 17.2 Å². The number of hydrogen-bond acceptors (Lipinski definition) is 3. The number of carbonyl (C=O) groups is 1. The molecule has 1 aromatic rings. The number of hydrogen-bond donors (Lipinski definition) is 2. The molecular weight excluding hydrogens is 214 g/mol. The molecule has 1 rings (SSSR count). The van der Waals surface area contributed by atoms with Gasteiger partial charge in [0.15, 0.2) is 0 Å². The first-order valence-corrected chi connectivity index (χ1v) is 6.11. The third-order valence-corrected chi connectivity index (χ3v) is 2.75. The molecule has 94 valence electrons. The highest BCUT2D eigenvalue weighted by molar-refractivity contribution is 5.81. The van der Waals surface area contributed by atoms with Crippen LogP contribution >= 0.6 is 0 Å². The van der Waals surface area contributed by atoms with E-state index in [4.69, 9.17) is 5.73 Å². The molecule has 0 radical (unpaired) electrons. The Bertz CT molecular complexity index is 340. The van der Waals surface area contributed by atoms with Crippen LogP contribution in [0.5, 0.6) is 0 Å². The zero-order valence-corrected chi connectivity index (χ0v) is 10.5. The van der Waals surface area contributed by atoms with E-state index in [-0.39, 0.29) is 11.9 Å². The van der Waals surface area contributed by atoms with Crippen LogP contribution in [-0.4, -0.2) is 16.9 Å². The van der Waals surface area contributed by atoms with Crippen molar-refractivity contribution in [2.45, 2.75) is 45.2 Å². The topological polar surface area (TPSA) is 68.0 Å². The van der Waals surface area contributed by atoms with Gasteiger partial charge in [0.05, 0.1) is 12.1 Å². The van der Waals surface area contributed by atoms with Gasteiger partial charge in [-0.05, 0) is 25.0 Å². The molecule has 0 bridgehead atoms. The molecule has 1 amide bonds. The molecule has 4 heteroatoms. The lowest BCUT2D eigenvalue weighted by Gasteiger charge is -2.17. The molecular formula is C13H21N3O. The maximum atomic E-state index is 11.8. The summed E-state index contributed by atoms with van der Waals surface area (Å²) in [5, 5.41) is 2.90. The van der Waals surface area contributed by atoms with Crippen molar-refractivity contribution in [3.05, 3.63) is 30.1 Å². The highest BCUT2D eigenvalue weighted by Crippen LogP contribution is 2.10. The highest BCUT2D eigenvalue weighted by Gasteiger charge is 2.15. The summed E-state index contributed by atoms with van der Waals surface area (Å²) in [4.78, 5) is 15.8. The fraction of sp³-hybridized carbons (Fsp3) is 0.538. The number of amides is 1.